The topological polar surface area (TPSA) is 117 Å². The molecule has 3 N–H and O–H groups in total. The van der Waals surface area contributed by atoms with E-state index in [1.54, 1.807) is 7.11 Å². The Kier molecular flexibility index (Phi) is 5.54. The highest BCUT2D eigenvalue weighted by molar-refractivity contribution is 7.99. The van der Waals surface area contributed by atoms with Crippen molar-refractivity contribution in [1.82, 2.24) is 15.0 Å². The van der Waals surface area contributed by atoms with Gasteiger partial charge in [-0.2, -0.15) is 4.98 Å². The van der Waals surface area contributed by atoms with Gasteiger partial charge in [0, 0.05) is 10.9 Å². The van der Waals surface area contributed by atoms with Crippen LogP contribution >= 0.6 is 23.1 Å². The van der Waals surface area contributed by atoms with Crippen molar-refractivity contribution in [3.8, 4) is 22.9 Å². The van der Waals surface area contributed by atoms with Crippen LogP contribution in [0.4, 0.5) is 5.13 Å². The molecule has 1 aromatic carbocycles. The van der Waals surface area contributed by atoms with Gasteiger partial charge in [0.1, 0.15) is 5.75 Å². The van der Waals surface area contributed by atoms with Gasteiger partial charge in [-0.3, -0.25) is 9.59 Å². The SMILES string of the molecule is COc1ccc(-c2csc(NC(=O)CSc3nc(O)cc(=O)[nH]3)n2)cc1. The van der Waals surface area contributed by atoms with Gasteiger partial charge >= 0.3 is 0 Å². The van der Waals surface area contributed by atoms with Crippen LogP contribution < -0.4 is 15.6 Å². The van der Waals surface area contributed by atoms with Crippen LogP contribution in [0.15, 0.2) is 45.7 Å². The summed E-state index contributed by atoms with van der Waals surface area (Å²) in [4.78, 5) is 33.8. The van der Waals surface area contributed by atoms with Gasteiger partial charge in [0.05, 0.1) is 24.6 Å². The Morgan fingerprint density at radius 1 is 1.35 bits per heavy atom. The molecule has 3 aromatic rings. The van der Waals surface area contributed by atoms with E-state index in [9.17, 15) is 14.7 Å². The zero-order valence-electron chi connectivity index (χ0n) is 13.6. The molecular formula is C16H14N4O4S2. The number of carbonyl (C=O) groups is 1. The Morgan fingerprint density at radius 2 is 2.12 bits per heavy atom. The predicted molar refractivity (Wildman–Crippen MR) is 100.0 cm³/mol. The van der Waals surface area contributed by atoms with Crippen molar-refractivity contribution in [2.24, 2.45) is 0 Å². The monoisotopic (exact) mass is 390 g/mol. The molecule has 0 saturated heterocycles. The van der Waals surface area contributed by atoms with E-state index in [0.717, 1.165) is 34.8 Å². The Labute approximate surface area is 156 Å². The van der Waals surface area contributed by atoms with E-state index in [1.165, 1.54) is 11.3 Å². The number of rotatable bonds is 6. The van der Waals surface area contributed by atoms with Crippen molar-refractivity contribution >= 4 is 34.1 Å². The Hall–Kier alpha value is -2.85. The number of aromatic hydroxyl groups is 1. The molecule has 3 rings (SSSR count). The van der Waals surface area contributed by atoms with E-state index in [2.05, 4.69) is 20.3 Å². The second-order valence-corrected chi connectivity index (χ2v) is 6.83. The van der Waals surface area contributed by atoms with Gasteiger partial charge in [-0.05, 0) is 24.3 Å². The molecule has 0 saturated carbocycles. The number of ether oxygens (including phenoxy) is 1. The second-order valence-electron chi connectivity index (χ2n) is 5.01. The smallest absolute Gasteiger partial charge is 0.255 e. The number of thiazole rings is 1. The lowest BCUT2D eigenvalue weighted by Gasteiger charge is -2.02. The third-order valence-electron chi connectivity index (χ3n) is 3.18. The molecule has 0 aliphatic rings. The van der Waals surface area contributed by atoms with E-state index in [4.69, 9.17) is 4.74 Å². The number of nitrogens with one attached hydrogen (secondary N) is 2. The van der Waals surface area contributed by atoms with Crippen molar-refractivity contribution in [1.29, 1.82) is 0 Å². The summed E-state index contributed by atoms with van der Waals surface area (Å²) >= 11 is 2.32. The normalized spacial score (nSPS) is 10.5. The number of amides is 1. The maximum absolute atomic E-state index is 12.0. The minimum absolute atomic E-state index is 0.0177. The lowest BCUT2D eigenvalue weighted by Crippen LogP contribution is -2.15. The number of hydrogen-bond donors (Lipinski definition) is 3. The largest absolute Gasteiger partial charge is 0.497 e. The molecule has 2 heterocycles. The van der Waals surface area contributed by atoms with Crippen molar-refractivity contribution in [2.75, 3.05) is 18.2 Å². The van der Waals surface area contributed by atoms with Crippen molar-refractivity contribution < 1.29 is 14.6 Å². The molecule has 0 atom stereocenters. The number of carbonyl (C=O) groups excluding carboxylic acids is 1. The van der Waals surface area contributed by atoms with E-state index in [-0.39, 0.29) is 22.7 Å². The molecule has 0 radical (unpaired) electrons. The molecule has 0 bridgehead atoms. The Bertz CT molecular complexity index is 969. The Balaban J connectivity index is 1.59. The molecule has 0 fully saturated rings. The highest BCUT2D eigenvalue weighted by atomic mass is 32.2. The number of aromatic nitrogens is 3. The van der Waals surface area contributed by atoms with Crippen LogP contribution in [0.1, 0.15) is 0 Å². The van der Waals surface area contributed by atoms with E-state index in [1.807, 2.05) is 29.6 Å². The van der Waals surface area contributed by atoms with Crippen molar-refractivity contribution in [2.45, 2.75) is 5.16 Å². The maximum atomic E-state index is 12.0. The summed E-state index contributed by atoms with van der Waals surface area (Å²) in [5, 5.41) is 14.5. The van der Waals surface area contributed by atoms with E-state index < -0.39 is 5.56 Å². The molecule has 0 spiro atoms. The van der Waals surface area contributed by atoms with Crippen molar-refractivity contribution in [3.63, 3.8) is 0 Å². The molecule has 2 aromatic heterocycles. The van der Waals surface area contributed by atoms with Crippen molar-refractivity contribution in [3.05, 3.63) is 46.1 Å². The van der Waals surface area contributed by atoms with Crippen LogP contribution in [-0.2, 0) is 4.79 Å². The third kappa shape index (κ3) is 4.61. The fourth-order valence-electron chi connectivity index (χ4n) is 2.01. The molecular weight excluding hydrogens is 376 g/mol. The number of benzene rings is 1. The van der Waals surface area contributed by atoms with E-state index in [0.29, 0.717) is 5.13 Å². The zero-order chi connectivity index (χ0) is 18.5. The molecule has 0 unspecified atom stereocenters. The van der Waals surface area contributed by atoms with Gasteiger partial charge in [0.15, 0.2) is 10.3 Å². The maximum Gasteiger partial charge on any atom is 0.255 e. The summed E-state index contributed by atoms with van der Waals surface area (Å²) < 4.78 is 5.12. The Morgan fingerprint density at radius 3 is 2.81 bits per heavy atom. The molecule has 0 aliphatic carbocycles. The number of hydrogen-bond acceptors (Lipinski definition) is 8. The molecule has 0 aliphatic heterocycles. The lowest BCUT2D eigenvalue weighted by atomic mass is 10.2. The standard InChI is InChI=1S/C16H14N4O4S2/c1-24-10-4-2-9(3-5-10)11-7-25-15(17-11)20-14(23)8-26-16-18-12(21)6-13(22)19-16/h2-7H,8H2,1H3,(H,17,20,23)(H2,18,19,21,22). The fraction of sp³-hybridized carbons (Fsp3) is 0.125. The van der Waals surface area contributed by atoms with Gasteiger partial charge in [-0.1, -0.05) is 11.8 Å². The average Bonchev–Trinajstić information content (AvgIpc) is 3.08. The summed E-state index contributed by atoms with van der Waals surface area (Å²) in [6.07, 6.45) is 0. The summed E-state index contributed by atoms with van der Waals surface area (Å²) in [5.74, 6) is 0.0922. The number of nitrogens with zero attached hydrogens (tertiary/aromatic N) is 2. The highest BCUT2D eigenvalue weighted by Crippen LogP contribution is 2.26. The van der Waals surface area contributed by atoms with Crippen LogP contribution in [0, 0.1) is 0 Å². The first-order valence-corrected chi connectivity index (χ1v) is 9.23. The fourth-order valence-corrected chi connectivity index (χ4v) is 3.41. The zero-order valence-corrected chi connectivity index (χ0v) is 15.2. The van der Waals surface area contributed by atoms with Gasteiger partial charge < -0.3 is 20.1 Å². The van der Waals surface area contributed by atoms with Crippen LogP contribution in [0.25, 0.3) is 11.3 Å². The van der Waals surface area contributed by atoms with Gasteiger partial charge in [0.2, 0.25) is 11.8 Å². The third-order valence-corrected chi connectivity index (χ3v) is 4.81. The summed E-state index contributed by atoms with van der Waals surface area (Å²) in [7, 11) is 1.60. The number of thioether (sulfide) groups is 1. The quantitative estimate of drug-likeness (QED) is 0.437. The first-order valence-electron chi connectivity index (χ1n) is 7.36. The molecule has 10 heteroatoms. The molecule has 1 amide bonds. The summed E-state index contributed by atoms with van der Waals surface area (Å²) in [6.45, 7) is 0. The summed E-state index contributed by atoms with van der Waals surface area (Å²) in [5.41, 5.74) is 1.18. The first kappa shape index (κ1) is 18.0. The van der Waals surface area contributed by atoms with Gasteiger partial charge in [0.25, 0.3) is 5.56 Å². The molecule has 134 valence electrons. The second kappa shape index (κ2) is 8.02. The minimum Gasteiger partial charge on any atom is -0.497 e. The predicted octanol–water partition coefficient (Wildman–Crippen LogP) is 2.34. The lowest BCUT2D eigenvalue weighted by molar-refractivity contribution is -0.113. The minimum atomic E-state index is -0.482. The number of aromatic amines is 1. The van der Waals surface area contributed by atoms with Gasteiger partial charge in [-0.25, -0.2) is 4.98 Å². The number of anilines is 1. The molecule has 8 nitrogen and oxygen atoms in total. The van der Waals surface area contributed by atoms with Crippen LogP contribution in [-0.4, -0.2) is 38.8 Å². The van der Waals surface area contributed by atoms with Crippen LogP contribution in [0.2, 0.25) is 0 Å². The summed E-state index contributed by atoms with van der Waals surface area (Å²) in [6, 6.07) is 8.41. The molecule has 26 heavy (non-hydrogen) atoms. The first-order chi connectivity index (χ1) is 12.5. The van der Waals surface area contributed by atoms with Crippen LogP contribution in [0.3, 0.4) is 0 Å². The number of H-pyrrole nitrogens is 1. The van der Waals surface area contributed by atoms with Crippen LogP contribution in [0.5, 0.6) is 11.6 Å². The average molecular weight is 390 g/mol. The van der Waals surface area contributed by atoms with Gasteiger partial charge in [-0.15, -0.1) is 11.3 Å². The van der Waals surface area contributed by atoms with E-state index >= 15 is 0 Å². The highest BCUT2D eigenvalue weighted by Gasteiger charge is 2.10. The number of methoxy groups -OCH3 is 1.